The number of aromatic amines is 1. The van der Waals surface area contributed by atoms with Crippen molar-refractivity contribution in [2.24, 2.45) is 0 Å². The van der Waals surface area contributed by atoms with Crippen molar-refractivity contribution in [3.63, 3.8) is 0 Å². The lowest BCUT2D eigenvalue weighted by atomic mass is 9.72. The summed E-state index contributed by atoms with van der Waals surface area (Å²) < 4.78 is 6.11. The predicted octanol–water partition coefficient (Wildman–Crippen LogP) is 2.55. The number of nitrogens with zero attached hydrogens (tertiary/aromatic N) is 1. The van der Waals surface area contributed by atoms with Gasteiger partial charge in [-0.15, -0.1) is 0 Å². The number of aromatic carboxylic acids is 1. The summed E-state index contributed by atoms with van der Waals surface area (Å²) in [5.74, 6) is -0.193. The van der Waals surface area contributed by atoms with Gasteiger partial charge in [0.25, 0.3) is 0 Å². The van der Waals surface area contributed by atoms with E-state index in [9.17, 15) is 9.90 Å². The number of para-hydroxylation sites is 1. The molecular weight excluding hydrogens is 244 g/mol. The molecule has 5 nitrogen and oxygen atoms in total. The van der Waals surface area contributed by atoms with Crippen molar-refractivity contribution in [3.8, 4) is 17.0 Å². The van der Waals surface area contributed by atoms with E-state index < -0.39 is 11.6 Å². The van der Waals surface area contributed by atoms with Crippen LogP contribution in [0.4, 0.5) is 0 Å². The SMILES string of the molecule is O=C(O)c1[nH]nc2c1C1(CCC1)Oc1ccccc1-2. The second-order valence-corrected chi connectivity index (χ2v) is 5.07. The van der Waals surface area contributed by atoms with E-state index in [0.717, 1.165) is 36.3 Å². The van der Waals surface area contributed by atoms with Crippen LogP contribution >= 0.6 is 0 Å². The van der Waals surface area contributed by atoms with Crippen molar-refractivity contribution in [2.45, 2.75) is 24.9 Å². The zero-order valence-electron chi connectivity index (χ0n) is 10.1. The minimum atomic E-state index is -0.983. The Morgan fingerprint density at radius 1 is 1.37 bits per heavy atom. The molecule has 1 aliphatic heterocycles. The van der Waals surface area contributed by atoms with Crippen LogP contribution in [0.25, 0.3) is 11.3 Å². The average Bonchev–Trinajstić information content (AvgIpc) is 2.81. The molecule has 0 amide bonds. The Morgan fingerprint density at radius 2 is 2.16 bits per heavy atom. The molecule has 2 heterocycles. The Kier molecular flexibility index (Phi) is 1.88. The molecule has 5 heteroatoms. The summed E-state index contributed by atoms with van der Waals surface area (Å²) in [4.78, 5) is 11.3. The maximum atomic E-state index is 11.3. The molecule has 96 valence electrons. The average molecular weight is 256 g/mol. The van der Waals surface area contributed by atoms with Gasteiger partial charge < -0.3 is 9.84 Å². The van der Waals surface area contributed by atoms with E-state index in [1.165, 1.54) is 0 Å². The largest absolute Gasteiger partial charge is 0.482 e. The highest BCUT2D eigenvalue weighted by molar-refractivity contribution is 5.91. The van der Waals surface area contributed by atoms with Gasteiger partial charge in [-0.05, 0) is 31.4 Å². The molecule has 1 saturated carbocycles. The Morgan fingerprint density at radius 3 is 2.84 bits per heavy atom. The second kappa shape index (κ2) is 3.38. The maximum absolute atomic E-state index is 11.3. The molecule has 1 aliphatic carbocycles. The van der Waals surface area contributed by atoms with Crippen LogP contribution in [0.5, 0.6) is 5.75 Å². The number of hydrogen-bond acceptors (Lipinski definition) is 3. The molecule has 4 rings (SSSR count). The van der Waals surface area contributed by atoms with Gasteiger partial charge in [0, 0.05) is 5.56 Å². The molecule has 2 N–H and O–H groups in total. The summed E-state index contributed by atoms with van der Waals surface area (Å²) in [6.45, 7) is 0. The number of benzene rings is 1. The van der Waals surface area contributed by atoms with Crippen LogP contribution in [0.3, 0.4) is 0 Å². The Labute approximate surface area is 109 Å². The molecule has 2 aliphatic rings. The lowest BCUT2D eigenvalue weighted by Gasteiger charge is -2.44. The van der Waals surface area contributed by atoms with Crippen molar-refractivity contribution in [1.82, 2.24) is 10.2 Å². The van der Waals surface area contributed by atoms with Gasteiger partial charge in [0.1, 0.15) is 17.0 Å². The molecule has 19 heavy (non-hydrogen) atoms. The van der Waals surface area contributed by atoms with Crippen LogP contribution in [-0.2, 0) is 5.60 Å². The zero-order valence-corrected chi connectivity index (χ0v) is 10.1. The van der Waals surface area contributed by atoms with Gasteiger partial charge in [-0.25, -0.2) is 4.79 Å². The normalized spacial score (nSPS) is 18.1. The van der Waals surface area contributed by atoms with E-state index in [-0.39, 0.29) is 5.69 Å². The van der Waals surface area contributed by atoms with Crippen molar-refractivity contribution < 1.29 is 14.6 Å². The fourth-order valence-electron chi connectivity index (χ4n) is 3.00. The number of carboxylic acid groups (broad SMARTS) is 1. The first-order valence-electron chi connectivity index (χ1n) is 6.32. The van der Waals surface area contributed by atoms with Gasteiger partial charge >= 0.3 is 5.97 Å². The van der Waals surface area contributed by atoms with Gasteiger partial charge in [0.15, 0.2) is 5.69 Å². The first-order valence-corrected chi connectivity index (χ1v) is 6.32. The number of nitrogens with one attached hydrogen (secondary N) is 1. The van der Waals surface area contributed by atoms with E-state index in [4.69, 9.17) is 4.74 Å². The first kappa shape index (κ1) is 10.6. The standard InChI is InChI=1S/C14H12N2O3/c17-13(18)12-10-11(15-16-12)8-4-1-2-5-9(8)19-14(10)6-3-7-14/h1-2,4-5H,3,6-7H2,(H,15,16)(H,17,18). The number of carboxylic acids is 1. The minimum Gasteiger partial charge on any atom is -0.482 e. The van der Waals surface area contributed by atoms with E-state index in [1.54, 1.807) is 0 Å². The number of ether oxygens (including phenoxy) is 1. The number of carbonyl (C=O) groups is 1. The molecule has 0 unspecified atom stereocenters. The number of fused-ring (bicyclic) bond motifs is 4. The first-order chi connectivity index (χ1) is 9.21. The quantitative estimate of drug-likeness (QED) is 0.822. The van der Waals surface area contributed by atoms with Gasteiger partial charge in [-0.1, -0.05) is 12.1 Å². The maximum Gasteiger partial charge on any atom is 0.354 e. The van der Waals surface area contributed by atoms with Gasteiger partial charge in [-0.3, -0.25) is 5.10 Å². The molecule has 0 saturated heterocycles. The van der Waals surface area contributed by atoms with E-state index in [0.29, 0.717) is 5.56 Å². The smallest absolute Gasteiger partial charge is 0.354 e. The van der Waals surface area contributed by atoms with Crippen molar-refractivity contribution in [2.75, 3.05) is 0 Å². The summed E-state index contributed by atoms with van der Waals surface area (Å²) in [7, 11) is 0. The molecule has 0 atom stereocenters. The Bertz CT molecular complexity index is 686. The molecular formula is C14H12N2O3. The number of H-pyrrole nitrogens is 1. The van der Waals surface area contributed by atoms with Crippen LogP contribution in [0.2, 0.25) is 0 Å². The highest BCUT2D eigenvalue weighted by atomic mass is 16.5. The van der Waals surface area contributed by atoms with Crippen LogP contribution in [0.1, 0.15) is 35.3 Å². The lowest BCUT2D eigenvalue weighted by molar-refractivity contribution is -0.0154. The van der Waals surface area contributed by atoms with Crippen LogP contribution in [0, 0.1) is 0 Å². The summed E-state index contributed by atoms with van der Waals surface area (Å²) in [5, 5.41) is 16.2. The van der Waals surface area contributed by atoms with Crippen molar-refractivity contribution in [1.29, 1.82) is 0 Å². The third-order valence-electron chi connectivity index (χ3n) is 4.04. The monoisotopic (exact) mass is 256 g/mol. The van der Waals surface area contributed by atoms with E-state index >= 15 is 0 Å². The molecule has 0 bridgehead atoms. The zero-order chi connectivity index (χ0) is 13.0. The predicted molar refractivity (Wildman–Crippen MR) is 67.1 cm³/mol. The highest BCUT2D eigenvalue weighted by Crippen LogP contribution is 2.54. The molecule has 2 aromatic rings. The summed E-state index contributed by atoms with van der Waals surface area (Å²) in [5.41, 5.74) is 1.96. The van der Waals surface area contributed by atoms with Gasteiger partial charge in [0.05, 0.1) is 5.56 Å². The third-order valence-corrected chi connectivity index (χ3v) is 4.04. The van der Waals surface area contributed by atoms with Crippen molar-refractivity contribution >= 4 is 5.97 Å². The topological polar surface area (TPSA) is 75.2 Å². The lowest BCUT2D eigenvalue weighted by Crippen LogP contribution is -2.43. The van der Waals surface area contributed by atoms with Crippen LogP contribution in [0.15, 0.2) is 24.3 Å². The summed E-state index contributed by atoms with van der Waals surface area (Å²) in [6, 6.07) is 7.64. The molecule has 1 aromatic heterocycles. The van der Waals surface area contributed by atoms with Crippen LogP contribution in [-0.4, -0.2) is 21.3 Å². The number of hydrogen-bond donors (Lipinski definition) is 2. The summed E-state index contributed by atoms with van der Waals surface area (Å²) >= 11 is 0. The minimum absolute atomic E-state index is 0.157. The second-order valence-electron chi connectivity index (χ2n) is 5.07. The van der Waals surface area contributed by atoms with Crippen LogP contribution < -0.4 is 4.74 Å². The molecule has 1 fully saturated rings. The van der Waals surface area contributed by atoms with E-state index in [2.05, 4.69) is 10.2 Å². The number of rotatable bonds is 1. The number of aromatic nitrogens is 2. The molecule has 1 spiro atoms. The fourth-order valence-corrected chi connectivity index (χ4v) is 3.00. The van der Waals surface area contributed by atoms with Gasteiger partial charge in [-0.2, -0.15) is 5.10 Å². The Hall–Kier alpha value is -2.30. The Balaban J connectivity index is 2.02. The molecule has 1 aromatic carbocycles. The highest BCUT2D eigenvalue weighted by Gasteiger charge is 2.49. The van der Waals surface area contributed by atoms with Gasteiger partial charge in [0.2, 0.25) is 0 Å². The van der Waals surface area contributed by atoms with Crippen molar-refractivity contribution in [3.05, 3.63) is 35.5 Å². The van der Waals surface area contributed by atoms with E-state index in [1.807, 2.05) is 24.3 Å². The summed E-state index contributed by atoms with van der Waals surface area (Å²) in [6.07, 6.45) is 2.73. The fraction of sp³-hybridized carbons (Fsp3) is 0.286. The third kappa shape index (κ3) is 1.24. The molecule has 0 radical (unpaired) electrons.